The summed E-state index contributed by atoms with van der Waals surface area (Å²) >= 11 is 0. The molecule has 1 saturated carbocycles. The normalized spacial score (nSPS) is 14.6. The minimum atomic E-state index is -0.0794. The van der Waals surface area contributed by atoms with E-state index in [1.807, 2.05) is 36.4 Å². The van der Waals surface area contributed by atoms with Crippen LogP contribution in [0.4, 0.5) is 0 Å². The van der Waals surface area contributed by atoms with Crippen LogP contribution in [0.25, 0.3) is 22.8 Å². The Morgan fingerprint density at radius 3 is 2.52 bits per heavy atom. The van der Waals surface area contributed by atoms with Gasteiger partial charge in [0.25, 0.3) is 5.91 Å². The van der Waals surface area contributed by atoms with Crippen LogP contribution < -0.4 is 14.8 Å². The van der Waals surface area contributed by atoms with Crippen LogP contribution in [-0.4, -0.2) is 31.2 Å². The summed E-state index contributed by atoms with van der Waals surface area (Å²) < 4.78 is 16.8. The van der Waals surface area contributed by atoms with E-state index in [0.717, 1.165) is 18.4 Å². The van der Waals surface area contributed by atoms with Crippen molar-refractivity contribution in [3.63, 3.8) is 0 Å². The number of rotatable bonds is 6. The van der Waals surface area contributed by atoms with E-state index in [4.69, 9.17) is 13.9 Å². The first-order valence-corrected chi connectivity index (χ1v) is 10.8. The number of carbonyl (C=O) groups is 1. The third-order valence-electron chi connectivity index (χ3n) is 5.77. The molecular formula is C25H28N2O4. The number of methoxy groups -OCH3 is 2. The number of hydrogen-bond donors (Lipinski definition) is 1. The Morgan fingerprint density at radius 2 is 1.77 bits per heavy atom. The molecule has 0 unspecified atom stereocenters. The standard InChI is InChI=1S/C25H28N2O4/c1-29-18-13-14-21(22(15-18)30-2)23-16-26-25(31-23)20-12-8-7-11-19(20)24(28)27-17-9-5-3-4-6-10-17/h7-8,11-17H,3-6,9-10H2,1-2H3,(H,27,28). The molecule has 31 heavy (non-hydrogen) atoms. The second-order valence-corrected chi connectivity index (χ2v) is 7.80. The van der Waals surface area contributed by atoms with E-state index in [1.54, 1.807) is 26.5 Å². The third-order valence-corrected chi connectivity index (χ3v) is 5.77. The lowest BCUT2D eigenvalue weighted by molar-refractivity contribution is 0.0934. The smallest absolute Gasteiger partial charge is 0.252 e. The fourth-order valence-electron chi connectivity index (χ4n) is 4.08. The Morgan fingerprint density at radius 1 is 1.00 bits per heavy atom. The zero-order valence-electron chi connectivity index (χ0n) is 18.0. The highest BCUT2D eigenvalue weighted by atomic mass is 16.5. The van der Waals surface area contributed by atoms with Crippen LogP contribution >= 0.6 is 0 Å². The molecule has 1 fully saturated rings. The molecule has 0 saturated heterocycles. The first kappa shape index (κ1) is 21.0. The molecular weight excluding hydrogens is 392 g/mol. The molecule has 0 spiro atoms. The number of nitrogens with one attached hydrogen (secondary N) is 1. The van der Waals surface area contributed by atoms with Gasteiger partial charge >= 0.3 is 0 Å². The number of nitrogens with zero attached hydrogens (tertiary/aromatic N) is 1. The minimum absolute atomic E-state index is 0.0794. The number of aromatic nitrogens is 1. The largest absolute Gasteiger partial charge is 0.497 e. The number of amides is 1. The predicted octanol–water partition coefficient (Wildman–Crippen LogP) is 5.48. The minimum Gasteiger partial charge on any atom is -0.497 e. The van der Waals surface area contributed by atoms with Crippen LogP contribution in [0.15, 0.2) is 53.1 Å². The molecule has 1 amide bonds. The molecule has 0 aliphatic heterocycles. The summed E-state index contributed by atoms with van der Waals surface area (Å²) in [5, 5.41) is 3.21. The molecule has 6 heteroatoms. The number of benzene rings is 2. The van der Waals surface area contributed by atoms with Crippen molar-refractivity contribution >= 4 is 5.91 Å². The molecule has 1 aromatic heterocycles. The number of oxazole rings is 1. The SMILES string of the molecule is COc1ccc(-c2cnc(-c3ccccc3C(=O)NC3CCCCCC3)o2)c(OC)c1. The molecule has 3 aromatic rings. The Labute approximate surface area is 182 Å². The Kier molecular flexibility index (Phi) is 6.55. The van der Waals surface area contributed by atoms with Crippen LogP contribution in [0.5, 0.6) is 11.5 Å². The van der Waals surface area contributed by atoms with E-state index < -0.39 is 0 Å². The van der Waals surface area contributed by atoms with Gasteiger partial charge in [-0.3, -0.25) is 4.79 Å². The first-order chi connectivity index (χ1) is 15.2. The van der Waals surface area contributed by atoms with Crippen molar-refractivity contribution in [2.45, 2.75) is 44.6 Å². The summed E-state index contributed by atoms with van der Waals surface area (Å²) in [6.07, 6.45) is 8.55. The van der Waals surface area contributed by atoms with Gasteiger partial charge in [0.1, 0.15) is 11.5 Å². The zero-order chi connectivity index (χ0) is 21.6. The van der Waals surface area contributed by atoms with E-state index in [1.165, 1.54) is 25.7 Å². The average Bonchev–Trinajstić information content (AvgIpc) is 3.16. The van der Waals surface area contributed by atoms with Crippen molar-refractivity contribution in [2.75, 3.05) is 14.2 Å². The van der Waals surface area contributed by atoms with Gasteiger partial charge in [0.05, 0.1) is 31.5 Å². The van der Waals surface area contributed by atoms with Crippen molar-refractivity contribution in [3.05, 3.63) is 54.2 Å². The summed E-state index contributed by atoms with van der Waals surface area (Å²) in [5.41, 5.74) is 2.01. The van der Waals surface area contributed by atoms with E-state index in [-0.39, 0.29) is 11.9 Å². The molecule has 1 N–H and O–H groups in total. The maximum atomic E-state index is 13.1. The molecule has 1 aliphatic rings. The van der Waals surface area contributed by atoms with Crippen molar-refractivity contribution in [3.8, 4) is 34.3 Å². The molecule has 1 aliphatic carbocycles. The van der Waals surface area contributed by atoms with E-state index in [2.05, 4.69) is 10.3 Å². The van der Waals surface area contributed by atoms with Crippen molar-refractivity contribution in [2.24, 2.45) is 0 Å². The molecule has 0 atom stereocenters. The molecule has 6 nitrogen and oxygen atoms in total. The second-order valence-electron chi connectivity index (χ2n) is 7.80. The van der Waals surface area contributed by atoms with E-state index >= 15 is 0 Å². The van der Waals surface area contributed by atoms with Crippen molar-refractivity contribution in [1.29, 1.82) is 0 Å². The van der Waals surface area contributed by atoms with E-state index in [0.29, 0.717) is 34.3 Å². The molecule has 1 heterocycles. The first-order valence-electron chi connectivity index (χ1n) is 10.8. The molecule has 162 valence electrons. The van der Waals surface area contributed by atoms with Gasteiger partial charge in [0, 0.05) is 17.7 Å². The lowest BCUT2D eigenvalue weighted by atomic mass is 10.0. The van der Waals surface area contributed by atoms with Gasteiger partial charge in [-0.15, -0.1) is 0 Å². The van der Waals surface area contributed by atoms with Gasteiger partial charge in [-0.2, -0.15) is 0 Å². The van der Waals surface area contributed by atoms with Crippen molar-refractivity contribution in [1.82, 2.24) is 10.3 Å². The monoisotopic (exact) mass is 420 g/mol. The second kappa shape index (κ2) is 9.69. The van der Waals surface area contributed by atoms with Gasteiger partial charge in [-0.1, -0.05) is 37.8 Å². The highest BCUT2D eigenvalue weighted by molar-refractivity contribution is 6.00. The Bertz CT molecular complexity index is 1040. The van der Waals surface area contributed by atoms with Crippen molar-refractivity contribution < 1.29 is 18.7 Å². The van der Waals surface area contributed by atoms with Crippen LogP contribution in [0, 0.1) is 0 Å². The summed E-state index contributed by atoms with van der Waals surface area (Å²) in [6, 6.07) is 13.2. The molecule has 0 bridgehead atoms. The maximum Gasteiger partial charge on any atom is 0.252 e. The molecule has 2 aromatic carbocycles. The van der Waals surface area contributed by atoms with Gasteiger partial charge < -0.3 is 19.2 Å². The van der Waals surface area contributed by atoms with Crippen LogP contribution in [0.3, 0.4) is 0 Å². The summed E-state index contributed by atoms with van der Waals surface area (Å²) in [6.45, 7) is 0. The topological polar surface area (TPSA) is 73.6 Å². The number of carbonyl (C=O) groups excluding carboxylic acids is 1. The predicted molar refractivity (Wildman–Crippen MR) is 119 cm³/mol. The zero-order valence-corrected chi connectivity index (χ0v) is 18.0. The fraction of sp³-hybridized carbons (Fsp3) is 0.360. The lowest BCUT2D eigenvalue weighted by Gasteiger charge is -2.17. The quantitative estimate of drug-likeness (QED) is 0.535. The molecule has 4 rings (SSSR count). The Hall–Kier alpha value is -3.28. The lowest BCUT2D eigenvalue weighted by Crippen LogP contribution is -2.34. The van der Waals surface area contributed by atoms with E-state index in [9.17, 15) is 4.79 Å². The maximum absolute atomic E-state index is 13.1. The number of ether oxygens (including phenoxy) is 2. The number of hydrogen-bond acceptors (Lipinski definition) is 5. The fourth-order valence-corrected chi connectivity index (χ4v) is 4.08. The van der Waals surface area contributed by atoms with Gasteiger partial charge in [-0.05, 0) is 37.1 Å². The van der Waals surface area contributed by atoms with Gasteiger partial charge in [-0.25, -0.2) is 4.98 Å². The highest BCUT2D eigenvalue weighted by Crippen LogP contribution is 2.35. The molecule has 0 radical (unpaired) electrons. The summed E-state index contributed by atoms with van der Waals surface area (Å²) in [7, 11) is 3.21. The van der Waals surface area contributed by atoms with Crippen LogP contribution in [0.2, 0.25) is 0 Å². The van der Waals surface area contributed by atoms with Gasteiger partial charge in [0.2, 0.25) is 5.89 Å². The average molecular weight is 421 g/mol. The van der Waals surface area contributed by atoms with Gasteiger partial charge in [0.15, 0.2) is 5.76 Å². The third kappa shape index (κ3) is 4.74. The summed E-state index contributed by atoms with van der Waals surface area (Å²) in [5.74, 6) is 2.21. The van der Waals surface area contributed by atoms with Crippen LogP contribution in [0.1, 0.15) is 48.9 Å². The Balaban J connectivity index is 1.60. The highest BCUT2D eigenvalue weighted by Gasteiger charge is 2.21. The van der Waals surface area contributed by atoms with Crippen LogP contribution in [-0.2, 0) is 0 Å². The summed E-state index contributed by atoms with van der Waals surface area (Å²) in [4.78, 5) is 17.5.